The Morgan fingerprint density at radius 2 is 1.65 bits per heavy atom. The number of rotatable bonds is 3. The van der Waals surface area contributed by atoms with Crippen molar-refractivity contribution >= 4 is 5.69 Å². The molecule has 0 saturated carbocycles. The van der Waals surface area contributed by atoms with Crippen molar-refractivity contribution in [2.45, 2.75) is 26.2 Å². The standard InChI is InChI=1S/C20H19N3/c1-20(2,3)17-9-10-19(23-14-15(12-21)13-22)18(11-17)16-7-5-4-6-8-16/h4-11,14,23H,1-3H3. The summed E-state index contributed by atoms with van der Waals surface area (Å²) in [5, 5.41) is 20.8. The van der Waals surface area contributed by atoms with Crippen LogP contribution in [0.1, 0.15) is 26.3 Å². The molecular weight excluding hydrogens is 282 g/mol. The third kappa shape index (κ3) is 3.99. The molecule has 0 radical (unpaired) electrons. The Hall–Kier alpha value is -3.04. The highest BCUT2D eigenvalue weighted by molar-refractivity contribution is 5.79. The van der Waals surface area contributed by atoms with Gasteiger partial charge in [0.25, 0.3) is 0 Å². The summed E-state index contributed by atoms with van der Waals surface area (Å²) in [5.41, 5.74) is 4.32. The quantitative estimate of drug-likeness (QED) is 0.812. The van der Waals surface area contributed by atoms with Crippen LogP contribution in [0.3, 0.4) is 0 Å². The summed E-state index contributed by atoms with van der Waals surface area (Å²) in [5.74, 6) is 0. The molecule has 2 rings (SSSR count). The Morgan fingerprint density at radius 1 is 1.00 bits per heavy atom. The van der Waals surface area contributed by atoms with Crippen molar-refractivity contribution in [1.29, 1.82) is 10.5 Å². The van der Waals surface area contributed by atoms with Gasteiger partial charge in [-0.05, 0) is 28.7 Å². The molecule has 0 unspecified atom stereocenters. The van der Waals surface area contributed by atoms with Crippen molar-refractivity contribution in [1.82, 2.24) is 0 Å². The minimum absolute atomic E-state index is 0.0440. The van der Waals surface area contributed by atoms with Crippen LogP contribution in [0, 0.1) is 22.7 Å². The molecule has 3 heteroatoms. The third-order valence-electron chi connectivity index (χ3n) is 3.58. The molecule has 0 saturated heterocycles. The Labute approximate surface area is 137 Å². The van der Waals surface area contributed by atoms with Crippen molar-refractivity contribution < 1.29 is 0 Å². The summed E-state index contributed by atoms with van der Waals surface area (Å²) in [6.45, 7) is 6.52. The Kier molecular flexibility index (Phi) is 4.84. The van der Waals surface area contributed by atoms with Gasteiger partial charge in [-0.1, -0.05) is 57.2 Å². The molecule has 0 heterocycles. The largest absolute Gasteiger partial charge is 0.359 e. The van der Waals surface area contributed by atoms with E-state index in [1.54, 1.807) is 0 Å². The highest BCUT2D eigenvalue weighted by Crippen LogP contribution is 2.33. The zero-order valence-corrected chi connectivity index (χ0v) is 13.6. The molecule has 0 amide bonds. The fourth-order valence-corrected chi connectivity index (χ4v) is 2.23. The molecule has 2 aromatic carbocycles. The molecule has 0 bridgehead atoms. The molecule has 0 aliphatic carbocycles. The van der Waals surface area contributed by atoms with Crippen molar-refractivity contribution in [2.75, 3.05) is 5.32 Å². The SMILES string of the molecule is CC(C)(C)c1ccc(NC=C(C#N)C#N)c(-c2ccccc2)c1. The average Bonchev–Trinajstić information content (AvgIpc) is 2.55. The van der Waals surface area contributed by atoms with Crippen molar-refractivity contribution in [3.05, 3.63) is 65.9 Å². The lowest BCUT2D eigenvalue weighted by Gasteiger charge is -2.21. The third-order valence-corrected chi connectivity index (χ3v) is 3.58. The topological polar surface area (TPSA) is 59.6 Å². The van der Waals surface area contributed by atoms with E-state index in [1.165, 1.54) is 11.8 Å². The van der Waals surface area contributed by atoms with Crippen LogP contribution in [-0.4, -0.2) is 0 Å². The summed E-state index contributed by atoms with van der Waals surface area (Å²) in [4.78, 5) is 0. The molecule has 114 valence electrons. The van der Waals surface area contributed by atoms with Gasteiger partial charge in [-0.3, -0.25) is 0 Å². The van der Waals surface area contributed by atoms with Crippen LogP contribution in [0.15, 0.2) is 60.3 Å². The van der Waals surface area contributed by atoms with Gasteiger partial charge in [0, 0.05) is 17.5 Å². The van der Waals surface area contributed by atoms with Crippen LogP contribution >= 0.6 is 0 Å². The fourth-order valence-electron chi connectivity index (χ4n) is 2.23. The van der Waals surface area contributed by atoms with Crippen LogP contribution in [-0.2, 0) is 5.41 Å². The van der Waals surface area contributed by atoms with Gasteiger partial charge in [0.15, 0.2) is 0 Å². The predicted octanol–water partition coefficient (Wildman–Crippen LogP) is 4.99. The monoisotopic (exact) mass is 301 g/mol. The van der Waals surface area contributed by atoms with Gasteiger partial charge in [0.1, 0.15) is 17.7 Å². The van der Waals surface area contributed by atoms with Crippen molar-refractivity contribution in [3.63, 3.8) is 0 Å². The fraction of sp³-hybridized carbons (Fsp3) is 0.200. The maximum atomic E-state index is 8.86. The lowest BCUT2D eigenvalue weighted by atomic mass is 9.85. The first-order chi connectivity index (χ1) is 11.0. The van der Waals surface area contributed by atoms with Gasteiger partial charge < -0.3 is 5.32 Å². The summed E-state index contributed by atoms with van der Waals surface area (Å²) >= 11 is 0. The summed E-state index contributed by atoms with van der Waals surface area (Å²) < 4.78 is 0. The molecule has 1 N–H and O–H groups in total. The molecule has 0 atom stereocenters. The summed E-state index contributed by atoms with van der Waals surface area (Å²) in [7, 11) is 0. The first kappa shape index (κ1) is 16.3. The van der Waals surface area contributed by atoms with E-state index in [0.717, 1.165) is 16.8 Å². The predicted molar refractivity (Wildman–Crippen MR) is 93.5 cm³/mol. The molecular formula is C20H19N3. The number of nitrogens with one attached hydrogen (secondary N) is 1. The van der Waals surface area contributed by atoms with Crippen LogP contribution < -0.4 is 5.32 Å². The van der Waals surface area contributed by atoms with Gasteiger partial charge in [-0.2, -0.15) is 10.5 Å². The lowest BCUT2D eigenvalue weighted by Crippen LogP contribution is -2.11. The second-order valence-electron chi connectivity index (χ2n) is 6.30. The van der Waals surface area contributed by atoms with Gasteiger partial charge in [-0.15, -0.1) is 0 Å². The van der Waals surface area contributed by atoms with Crippen molar-refractivity contribution in [2.24, 2.45) is 0 Å². The van der Waals surface area contributed by atoms with Crippen molar-refractivity contribution in [3.8, 4) is 23.3 Å². The number of allylic oxidation sites excluding steroid dienone is 1. The normalized spacial score (nSPS) is 10.3. The number of benzene rings is 2. The van der Waals surface area contributed by atoms with Crippen LogP contribution in [0.5, 0.6) is 0 Å². The van der Waals surface area contributed by atoms with E-state index in [1.807, 2.05) is 48.5 Å². The lowest BCUT2D eigenvalue weighted by molar-refractivity contribution is 0.590. The molecule has 0 aliphatic heterocycles. The minimum Gasteiger partial charge on any atom is -0.359 e. The number of nitriles is 2. The number of anilines is 1. The maximum Gasteiger partial charge on any atom is 0.145 e. The second-order valence-corrected chi connectivity index (χ2v) is 6.30. The average molecular weight is 301 g/mol. The van der Waals surface area contributed by atoms with E-state index < -0.39 is 0 Å². The van der Waals surface area contributed by atoms with E-state index in [9.17, 15) is 0 Å². The molecule has 23 heavy (non-hydrogen) atoms. The van der Waals surface area contributed by atoms with E-state index in [-0.39, 0.29) is 11.0 Å². The molecule has 2 aromatic rings. The van der Waals surface area contributed by atoms with Gasteiger partial charge in [0.05, 0.1) is 0 Å². The van der Waals surface area contributed by atoms with E-state index in [0.29, 0.717) is 0 Å². The zero-order valence-electron chi connectivity index (χ0n) is 13.6. The minimum atomic E-state index is 0.0440. The summed E-state index contributed by atoms with van der Waals surface area (Å²) in [6, 6.07) is 20.0. The van der Waals surface area contributed by atoms with Crippen LogP contribution in [0.4, 0.5) is 5.69 Å². The second kappa shape index (κ2) is 6.81. The molecule has 0 fully saturated rings. The Balaban J connectivity index is 2.53. The van der Waals surface area contributed by atoms with Gasteiger partial charge in [0.2, 0.25) is 0 Å². The van der Waals surface area contributed by atoms with E-state index in [2.05, 4.69) is 38.2 Å². The highest BCUT2D eigenvalue weighted by Gasteiger charge is 2.16. The molecule has 3 nitrogen and oxygen atoms in total. The molecule has 0 spiro atoms. The van der Waals surface area contributed by atoms with E-state index in [4.69, 9.17) is 10.5 Å². The smallest absolute Gasteiger partial charge is 0.145 e. The van der Waals surface area contributed by atoms with Crippen LogP contribution in [0.25, 0.3) is 11.1 Å². The number of hydrogen-bond acceptors (Lipinski definition) is 3. The molecule has 0 aliphatic rings. The zero-order chi connectivity index (χ0) is 16.9. The summed E-state index contributed by atoms with van der Waals surface area (Å²) in [6.07, 6.45) is 1.44. The number of hydrogen-bond donors (Lipinski definition) is 1. The molecule has 0 aromatic heterocycles. The first-order valence-corrected chi connectivity index (χ1v) is 7.42. The number of nitrogens with zero attached hydrogens (tertiary/aromatic N) is 2. The Morgan fingerprint density at radius 3 is 2.22 bits per heavy atom. The van der Waals surface area contributed by atoms with Gasteiger partial charge in [-0.25, -0.2) is 0 Å². The Bertz CT molecular complexity index is 782. The highest BCUT2D eigenvalue weighted by atomic mass is 14.8. The van der Waals surface area contributed by atoms with E-state index >= 15 is 0 Å². The first-order valence-electron chi connectivity index (χ1n) is 7.42. The maximum absolute atomic E-state index is 8.86. The van der Waals surface area contributed by atoms with Crippen LogP contribution in [0.2, 0.25) is 0 Å². The van der Waals surface area contributed by atoms with Gasteiger partial charge >= 0.3 is 0 Å².